The monoisotopic (exact) mass is 462 g/mol. The van der Waals surface area contributed by atoms with Crippen molar-refractivity contribution in [3.63, 3.8) is 0 Å². The van der Waals surface area contributed by atoms with Gasteiger partial charge in [-0.15, -0.1) is 13.2 Å². The molecule has 0 radical (unpaired) electrons. The maximum atomic E-state index is 14.1. The molecule has 0 amide bonds. The van der Waals surface area contributed by atoms with Gasteiger partial charge in [0, 0.05) is 29.4 Å². The van der Waals surface area contributed by atoms with Gasteiger partial charge in [-0.3, -0.25) is 0 Å². The largest absolute Gasteiger partial charge is 0.573 e. The number of anilines is 3. The number of benzene rings is 2. The molecule has 33 heavy (non-hydrogen) atoms. The Morgan fingerprint density at radius 1 is 1.00 bits per heavy atom. The Morgan fingerprint density at radius 2 is 1.79 bits per heavy atom. The van der Waals surface area contributed by atoms with Crippen LogP contribution in [0.15, 0.2) is 48.5 Å². The maximum Gasteiger partial charge on any atom is 0.573 e. The van der Waals surface area contributed by atoms with Gasteiger partial charge in [-0.05, 0) is 37.1 Å². The van der Waals surface area contributed by atoms with E-state index in [0.29, 0.717) is 28.7 Å². The van der Waals surface area contributed by atoms with Crippen LogP contribution in [0, 0.1) is 5.82 Å². The summed E-state index contributed by atoms with van der Waals surface area (Å²) in [5.41, 5.74) is 1.23. The van der Waals surface area contributed by atoms with Gasteiger partial charge in [0.25, 0.3) is 0 Å². The Kier molecular flexibility index (Phi) is 6.52. The molecule has 0 unspecified atom stereocenters. The Labute approximate surface area is 188 Å². The van der Waals surface area contributed by atoms with E-state index < -0.39 is 12.2 Å². The van der Waals surface area contributed by atoms with Crippen molar-refractivity contribution in [2.75, 3.05) is 17.7 Å². The molecule has 1 aromatic heterocycles. The highest BCUT2D eigenvalue weighted by Crippen LogP contribution is 2.31. The number of halogens is 4. The lowest BCUT2D eigenvalue weighted by Crippen LogP contribution is -2.17. The Bertz CT molecular complexity index is 1120. The van der Waals surface area contributed by atoms with Crippen LogP contribution in [0.5, 0.6) is 11.5 Å². The highest BCUT2D eigenvalue weighted by molar-refractivity contribution is 5.68. The van der Waals surface area contributed by atoms with Crippen molar-refractivity contribution < 1.29 is 27.0 Å². The fraction of sp³-hybridized carbons (Fsp3) is 0.304. The standard InChI is InChI=1S/C23H22F4N4O2/c1-32-20-10-9-16(12-18(20)24)28-21-13-19(30-22(31-21)29-15-6-2-3-7-15)14-5-4-8-17(11-14)33-23(25,26)27/h4-5,8-13,15H,2-3,6-7H2,1H3,(H2,28,29,30,31). The van der Waals surface area contributed by atoms with Crippen LogP contribution < -0.4 is 20.1 Å². The van der Waals surface area contributed by atoms with Crippen molar-refractivity contribution in [2.24, 2.45) is 0 Å². The first-order valence-corrected chi connectivity index (χ1v) is 10.4. The molecule has 2 N–H and O–H groups in total. The van der Waals surface area contributed by atoms with Crippen molar-refractivity contribution in [1.82, 2.24) is 9.97 Å². The number of aromatic nitrogens is 2. The molecule has 0 spiro atoms. The number of nitrogens with zero attached hydrogens (tertiary/aromatic N) is 2. The lowest BCUT2D eigenvalue weighted by molar-refractivity contribution is -0.274. The summed E-state index contributed by atoms with van der Waals surface area (Å²) < 4.78 is 61.0. The fourth-order valence-electron chi connectivity index (χ4n) is 3.72. The lowest BCUT2D eigenvalue weighted by Gasteiger charge is -2.16. The van der Waals surface area contributed by atoms with Crippen molar-refractivity contribution in [3.05, 3.63) is 54.3 Å². The topological polar surface area (TPSA) is 68.3 Å². The molecule has 1 aliphatic rings. The summed E-state index contributed by atoms with van der Waals surface area (Å²) in [7, 11) is 1.37. The molecule has 3 aromatic rings. The van der Waals surface area contributed by atoms with Crippen LogP contribution in [0.3, 0.4) is 0 Å². The van der Waals surface area contributed by atoms with Crippen molar-refractivity contribution >= 4 is 17.5 Å². The number of nitrogens with one attached hydrogen (secondary N) is 2. The van der Waals surface area contributed by atoms with Crippen LogP contribution in [-0.2, 0) is 0 Å². The third-order valence-corrected chi connectivity index (χ3v) is 5.20. The summed E-state index contributed by atoms with van der Waals surface area (Å²) in [6, 6.07) is 11.7. The molecular weight excluding hydrogens is 440 g/mol. The Balaban J connectivity index is 1.67. The molecule has 1 fully saturated rings. The zero-order chi connectivity index (χ0) is 23.4. The number of hydrogen-bond donors (Lipinski definition) is 2. The smallest absolute Gasteiger partial charge is 0.494 e. The van der Waals surface area contributed by atoms with Crippen molar-refractivity contribution in [2.45, 2.75) is 38.1 Å². The third-order valence-electron chi connectivity index (χ3n) is 5.20. The second kappa shape index (κ2) is 9.51. The first-order chi connectivity index (χ1) is 15.8. The normalized spacial score (nSPS) is 14.2. The summed E-state index contributed by atoms with van der Waals surface area (Å²) in [5.74, 6) is -0.104. The van der Waals surface area contributed by atoms with E-state index in [-0.39, 0.29) is 17.5 Å². The number of hydrogen-bond acceptors (Lipinski definition) is 6. The van der Waals surface area contributed by atoms with Crippen molar-refractivity contribution in [3.8, 4) is 22.8 Å². The molecule has 10 heteroatoms. The van der Waals surface area contributed by atoms with Crippen LogP contribution >= 0.6 is 0 Å². The number of alkyl halides is 3. The zero-order valence-corrected chi connectivity index (χ0v) is 17.7. The lowest BCUT2D eigenvalue weighted by atomic mass is 10.1. The maximum absolute atomic E-state index is 14.1. The average molecular weight is 462 g/mol. The first kappa shape index (κ1) is 22.6. The predicted molar refractivity (Wildman–Crippen MR) is 116 cm³/mol. The molecular formula is C23H22F4N4O2. The van der Waals surface area contributed by atoms with Gasteiger partial charge >= 0.3 is 6.36 Å². The molecule has 1 heterocycles. The summed E-state index contributed by atoms with van der Waals surface area (Å²) in [4.78, 5) is 8.97. The van der Waals surface area contributed by atoms with Gasteiger partial charge in [0.2, 0.25) is 5.95 Å². The molecule has 2 aromatic carbocycles. The summed E-state index contributed by atoms with van der Waals surface area (Å²) in [6.45, 7) is 0. The minimum atomic E-state index is -4.80. The average Bonchev–Trinajstić information content (AvgIpc) is 3.26. The predicted octanol–water partition coefficient (Wildman–Crippen LogP) is 6.29. The van der Waals surface area contributed by atoms with E-state index in [9.17, 15) is 17.6 Å². The molecule has 0 bridgehead atoms. The van der Waals surface area contributed by atoms with Gasteiger partial charge in [-0.25, -0.2) is 9.37 Å². The number of methoxy groups -OCH3 is 1. The van der Waals surface area contributed by atoms with E-state index in [1.807, 2.05) is 0 Å². The van der Waals surface area contributed by atoms with Crippen LogP contribution in [-0.4, -0.2) is 29.5 Å². The second-order valence-corrected chi connectivity index (χ2v) is 7.64. The molecule has 1 aliphatic carbocycles. The number of ether oxygens (including phenoxy) is 2. The van der Waals surface area contributed by atoms with Crippen molar-refractivity contribution in [1.29, 1.82) is 0 Å². The van der Waals surface area contributed by atoms with Gasteiger partial charge < -0.3 is 20.1 Å². The quantitative estimate of drug-likeness (QED) is 0.403. The van der Waals surface area contributed by atoms with Gasteiger partial charge in [-0.1, -0.05) is 25.0 Å². The summed E-state index contributed by atoms with van der Waals surface area (Å²) in [5, 5.41) is 6.32. The summed E-state index contributed by atoms with van der Waals surface area (Å²) in [6.07, 6.45) is -0.636. The molecule has 0 aliphatic heterocycles. The van der Waals surface area contributed by atoms with Gasteiger partial charge in [-0.2, -0.15) is 4.98 Å². The van der Waals surface area contributed by atoms with Gasteiger partial charge in [0.1, 0.15) is 11.6 Å². The third kappa shape index (κ3) is 6.03. The highest BCUT2D eigenvalue weighted by Gasteiger charge is 2.31. The van der Waals surface area contributed by atoms with Crippen LogP contribution in [0.4, 0.5) is 35.0 Å². The van der Waals surface area contributed by atoms with E-state index in [1.54, 1.807) is 18.2 Å². The molecule has 6 nitrogen and oxygen atoms in total. The molecule has 0 atom stereocenters. The van der Waals surface area contributed by atoms with Crippen LogP contribution in [0.25, 0.3) is 11.3 Å². The molecule has 0 saturated heterocycles. The SMILES string of the molecule is COc1ccc(Nc2cc(-c3cccc(OC(F)(F)F)c3)nc(NC3CCCC3)n2)cc1F. The first-order valence-electron chi connectivity index (χ1n) is 10.4. The van der Waals surface area contributed by atoms with Gasteiger partial charge in [0.15, 0.2) is 11.6 Å². The fourth-order valence-corrected chi connectivity index (χ4v) is 3.72. The van der Waals surface area contributed by atoms with Crippen LogP contribution in [0.1, 0.15) is 25.7 Å². The van der Waals surface area contributed by atoms with Crippen LogP contribution in [0.2, 0.25) is 0 Å². The molecule has 174 valence electrons. The van der Waals surface area contributed by atoms with E-state index in [2.05, 4.69) is 25.3 Å². The Morgan fingerprint density at radius 3 is 2.48 bits per heavy atom. The molecule has 4 rings (SSSR count). The Hall–Kier alpha value is -3.56. The summed E-state index contributed by atoms with van der Waals surface area (Å²) >= 11 is 0. The van der Waals surface area contributed by atoms with E-state index in [0.717, 1.165) is 25.7 Å². The highest BCUT2D eigenvalue weighted by atomic mass is 19.4. The van der Waals surface area contributed by atoms with E-state index in [4.69, 9.17) is 4.74 Å². The zero-order valence-electron chi connectivity index (χ0n) is 17.7. The minimum absolute atomic E-state index is 0.106. The van der Waals surface area contributed by atoms with Gasteiger partial charge in [0.05, 0.1) is 12.8 Å². The van der Waals surface area contributed by atoms with E-state index >= 15 is 0 Å². The second-order valence-electron chi connectivity index (χ2n) is 7.64. The van der Waals surface area contributed by atoms with E-state index in [1.165, 1.54) is 37.4 Å². The number of rotatable bonds is 7. The molecule has 1 saturated carbocycles. The minimum Gasteiger partial charge on any atom is -0.494 e.